The van der Waals surface area contributed by atoms with Crippen molar-refractivity contribution in [3.63, 3.8) is 0 Å². The van der Waals surface area contributed by atoms with Crippen molar-refractivity contribution in [2.45, 2.75) is 31.8 Å². The van der Waals surface area contributed by atoms with Gasteiger partial charge in [0.2, 0.25) is 5.91 Å². The molecule has 5 heteroatoms. The van der Waals surface area contributed by atoms with Crippen LogP contribution in [-0.2, 0) is 11.3 Å². The van der Waals surface area contributed by atoms with E-state index in [1.54, 1.807) is 13.1 Å². The molecule has 0 spiro atoms. The van der Waals surface area contributed by atoms with Gasteiger partial charge in [0.1, 0.15) is 5.82 Å². The highest BCUT2D eigenvalue weighted by atomic mass is 79.9. The van der Waals surface area contributed by atoms with Gasteiger partial charge in [-0.3, -0.25) is 9.69 Å². The van der Waals surface area contributed by atoms with Crippen LogP contribution in [0.3, 0.4) is 0 Å². The van der Waals surface area contributed by atoms with Gasteiger partial charge in [0.15, 0.2) is 0 Å². The van der Waals surface area contributed by atoms with Gasteiger partial charge in [-0.15, -0.1) is 0 Å². The SMILES string of the molecule is CNC(=O)C1CCCCN1Cc1cccc(F)c1Br. The number of nitrogens with one attached hydrogen (secondary N) is 1. The summed E-state index contributed by atoms with van der Waals surface area (Å²) in [6.45, 7) is 1.47. The predicted molar refractivity (Wildman–Crippen MR) is 76.2 cm³/mol. The Labute approximate surface area is 121 Å². The Morgan fingerprint density at radius 2 is 2.32 bits per heavy atom. The van der Waals surface area contributed by atoms with Crippen LogP contribution in [0.4, 0.5) is 4.39 Å². The predicted octanol–water partition coefficient (Wildman–Crippen LogP) is 2.69. The molecule has 104 valence electrons. The number of carbonyl (C=O) groups excluding carboxylic acids is 1. The summed E-state index contributed by atoms with van der Waals surface area (Å²) in [7, 11) is 1.66. The van der Waals surface area contributed by atoms with Gasteiger partial charge in [-0.2, -0.15) is 0 Å². The molecule has 1 amide bonds. The first-order chi connectivity index (χ1) is 9.13. The molecule has 1 atom stereocenters. The average molecular weight is 329 g/mol. The van der Waals surface area contributed by atoms with Crippen LogP contribution in [0.1, 0.15) is 24.8 Å². The molecule has 1 aromatic carbocycles. The molecular formula is C14H18BrFN2O. The van der Waals surface area contributed by atoms with Gasteiger partial charge in [0, 0.05) is 13.6 Å². The number of benzene rings is 1. The Balaban J connectivity index is 2.15. The van der Waals surface area contributed by atoms with E-state index in [0.717, 1.165) is 31.4 Å². The van der Waals surface area contributed by atoms with Gasteiger partial charge in [-0.1, -0.05) is 18.6 Å². The molecule has 1 saturated heterocycles. The summed E-state index contributed by atoms with van der Waals surface area (Å²) in [5.41, 5.74) is 0.885. The van der Waals surface area contributed by atoms with E-state index in [0.29, 0.717) is 11.0 Å². The van der Waals surface area contributed by atoms with Gasteiger partial charge in [0.05, 0.1) is 10.5 Å². The maximum atomic E-state index is 13.5. The van der Waals surface area contributed by atoms with Crippen molar-refractivity contribution < 1.29 is 9.18 Å². The molecule has 1 aliphatic rings. The molecule has 0 aromatic heterocycles. The van der Waals surface area contributed by atoms with Crippen molar-refractivity contribution in [1.29, 1.82) is 0 Å². The third kappa shape index (κ3) is 3.34. The summed E-state index contributed by atoms with van der Waals surface area (Å²) in [6, 6.07) is 4.92. The van der Waals surface area contributed by atoms with E-state index in [2.05, 4.69) is 26.1 Å². The number of piperidine rings is 1. The highest BCUT2D eigenvalue weighted by Crippen LogP contribution is 2.25. The van der Waals surface area contributed by atoms with Crippen LogP contribution in [0.25, 0.3) is 0 Å². The molecule has 0 radical (unpaired) electrons. The number of halogens is 2. The summed E-state index contributed by atoms with van der Waals surface area (Å²) >= 11 is 3.28. The Bertz CT molecular complexity index is 467. The van der Waals surface area contributed by atoms with Crippen LogP contribution in [0.15, 0.2) is 22.7 Å². The lowest BCUT2D eigenvalue weighted by atomic mass is 10.0. The monoisotopic (exact) mass is 328 g/mol. The second-order valence-electron chi connectivity index (χ2n) is 4.81. The third-order valence-corrected chi connectivity index (χ3v) is 4.46. The van der Waals surface area contributed by atoms with Crippen molar-refractivity contribution in [1.82, 2.24) is 10.2 Å². The molecule has 0 bridgehead atoms. The van der Waals surface area contributed by atoms with Gasteiger partial charge in [0.25, 0.3) is 0 Å². The molecule has 1 aliphatic heterocycles. The fraction of sp³-hybridized carbons (Fsp3) is 0.500. The highest BCUT2D eigenvalue weighted by molar-refractivity contribution is 9.10. The summed E-state index contributed by atoms with van der Waals surface area (Å²) in [5, 5.41) is 2.71. The number of hydrogen-bond donors (Lipinski definition) is 1. The molecular weight excluding hydrogens is 311 g/mol. The van der Waals surface area contributed by atoms with Gasteiger partial charge >= 0.3 is 0 Å². The first kappa shape index (κ1) is 14.5. The maximum Gasteiger partial charge on any atom is 0.237 e. The molecule has 19 heavy (non-hydrogen) atoms. The first-order valence-electron chi connectivity index (χ1n) is 6.52. The van der Waals surface area contributed by atoms with E-state index in [9.17, 15) is 9.18 Å². The van der Waals surface area contributed by atoms with E-state index >= 15 is 0 Å². The first-order valence-corrected chi connectivity index (χ1v) is 7.31. The molecule has 1 aromatic rings. The van der Waals surface area contributed by atoms with E-state index in [4.69, 9.17) is 0 Å². The second kappa shape index (κ2) is 6.48. The summed E-state index contributed by atoms with van der Waals surface area (Å²) < 4.78 is 14.0. The summed E-state index contributed by atoms with van der Waals surface area (Å²) in [4.78, 5) is 14.0. The lowest BCUT2D eigenvalue weighted by Gasteiger charge is -2.34. The molecule has 1 heterocycles. The molecule has 1 unspecified atom stereocenters. The van der Waals surface area contributed by atoms with Crippen LogP contribution in [0.2, 0.25) is 0 Å². The fourth-order valence-corrected chi connectivity index (χ4v) is 2.92. The molecule has 1 N–H and O–H groups in total. The minimum absolute atomic E-state index is 0.0484. The van der Waals surface area contributed by atoms with Gasteiger partial charge < -0.3 is 5.32 Å². The van der Waals surface area contributed by atoms with Crippen LogP contribution in [-0.4, -0.2) is 30.4 Å². The quantitative estimate of drug-likeness (QED) is 0.925. The highest BCUT2D eigenvalue weighted by Gasteiger charge is 2.28. The molecule has 2 rings (SSSR count). The number of likely N-dealkylation sites (tertiary alicyclic amines) is 1. The molecule has 1 fully saturated rings. The van der Waals surface area contributed by atoms with Crippen LogP contribution < -0.4 is 5.32 Å². The zero-order chi connectivity index (χ0) is 13.8. The van der Waals surface area contributed by atoms with E-state index < -0.39 is 0 Å². The Hall–Kier alpha value is -0.940. The van der Waals surface area contributed by atoms with Crippen LogP contribution in [0, 0.1) is 5.82 Å². The van der Waals surface area contributed by atoms with Crippen molar-refractivity contribution in [2.24, 2.45) is 0 Å². The lowest BCUT2D eigenvalue weighted by molar-refractivity contribution is -0.127. The van der Waals surface area contributed by atoms with E-state index in [1.165, 1.54) is 6.07 Å². The molecule has 0 aliphatic carbocycles. The third-order valence-electron chi connectivity index (χ3n) is 3.57. The lowest BCUT2D eigenvalue weighted by Crippen LogP contribution is -2.48. The summed E-state index contributed by atoms with van der Waals surface area (Å²) in [5.74, 6) is -0.210. The van der Waals surface area contributed by atoms with Crippen LogP contribution in [0.5, 0.6) is 0 Å². The van der Waals surface area contributed by atoms with E-state index in [1.807, 2.05) is 6.07 Å². The van der Waals surface area contributed by atoms with Crippen molar-refractivity contribution >= 4 is 21.8 Å². The summed E-state index contributed by atoms with van der Waals surface area (Å²) in [6.07, 6.45) is 3.02. The van der Waals surface area contributed by atoms with Gasteiger partial charge in [-0.25, -0.2) is 4.39 Å². The smallest absolute Gasteiger partial charge is 0.237 e. The maximum absolute atomic E-state index is 13.5. The average Bonchev–Trinajstić information content (AvgIpc) is 2.43. The number of nitrogens with zero attached hydrogens (tertiary/aromatic N) is 1. The van der Waals surface area contributed by atoms with Gasteiger partial charge in [-0.05, 0) is 46.9 Å². The van der Waals surface area contributed by atoms with E-state index in [-0.39, 0.29) is 17.8 Å². The number of rotatable bonds is 3. The number of amides is 1. The van der Waals surface area contributed by atoms with Crippen molar-refractivity contribution in [3.05, 3.63) is 34.1 Å². The Morgan fingerprint density at radius 3 is 3.05 bits per heavy atom. The number of carbonyl (C=O) groups is 1. The normalized spacial score (nSPS) is 20.3. The Morgan fingerprint density at radius 1 is 1.53 bits per heavy atom. The van der Waals surface area contributed by atoms with Crippen molar-refractivity contribution in [3.8, 4) is 0 Å². The zero-order valence-electron chi connectivity index (χ0n) is 11.0. The zero-order valence-corrected chi connectivity index (χ0v) is 12.5. The second-order valence-corrected chi connectivity index (χ2v) is 5.60. The van der Waals surface area contributed by atoms with Crippen LogP contribution >= 0.6 is 15.9 Å². The molecule has 3 nitrogen and oxygen atoms in total. The minimum atomic E-state index is -0.258. The largest absolute Gasteiger partial charge is 0.358 e. The number of likely N-dealkylation sites (N-methyl/N-ethyl adjacent to an activating group) is 1. The Kier molecular flexibility index (Phi) is 4.93. The minimum Gasteiger partial charge on any atom is -0.358 e. The number of hydrogen-bond acceptors (Lipinski definition) is 2. The molecule has 0 saturated carbocycles. The fourth-order valence-electron chi connectivity index (χ4n) is 2.53. The standard InChI is InChI=1S/C14H18BrFN2O/c1-17-14(19)12-7-2-3-8-18(12)9-10-5-4-6-11(16)13(10)15/h4-6,12H,2-3,7-9H2,1H3,(H,17,19). The topological polar surface area (TPSA) is 32.3 Å². The van der Waals surface area contributed by atoms with Crippen molar-refractivity contribution in [2.75, 3.05) is 13.6 Å².